The van der Waals surface area contributed by atoms with Crippen LogP contribution in [0.3, 0.4) is 0 Å². The minimum absolute atomic E-state index is 0.0599. The molecular weight excluding hydrogens is 462 g/mol. The number of ether oxygens (including phenoxy) is 1. The molecule has 1 fully saturated rings. The summed E-state index contributed by atoms with van der Waals surface area (Å²) in [4.78, 5) is 20.1. The molecule has 1 amide bonds. The molecule has 1 aliphatic rings. The largest absolute Gasteiger partial charge is 0.383 e. The number of aromatic nitrogens is 1. The molecule has 0 spiro atoms. The molecule has 0 N–H and O–H groups in total. The zero-order chi connectivity index (χ0) is 20.9. The summed E-state index contributed by atoms with van der Waals surface area (Å²) < 4.78 is 8.27. The second kappa shape index (κ2) is 9.47. The Morgan fingerprint density at radius 2 is 1.83 bits per heavy atom. The summed E-state index contributed by atoms with van der Waals surface area (Å²) in [5, 5.41) is 0.663. The Balaban J connectivity index is 1.67. The molecule has 1 aromatic heterocycles. The Labute approximate surface area is 188 Å². The molecule has 7 heteroatoms. The lowest BCUT2D eigenvalue weighted by Gasteiger charge is -2.14. The molecule has 1 aliphatic heterocycles. The number of hydrogen-bond acceptors (Lipinski definition) is 4. The van der Waals surface area contributed by atoms with Crippen molar-refractivity contribution in [3.63, 3.8) is 0 Å². The van der Waals surface area contributed by atoms with Gasteiger partial charge in [0.05, 0.1) is 23.7 Å². The number of amides is 1. The fourth-order valence-corrected chi connectivity index (χ4v) is 4.34. The average molecular weight is 482 g/mol. The lowest BCUT2D eigenvalue weighted by atomic mass is 10.3. The Kier molecular flexibility index (Phi) is 6.52. The lowest BCUT2D eigenvalue weighted by Crippen LogP contribution is -2.32. The Hall–Kier alpha value is -2.61. The van der Waals surface area contributed by atoms with E-state index >= 15 is 0 Å². The van der Waals surface area contributed by atoms with Crippen LogP contribution < -0.4 is 0 Å². The maximum Gasteiger partial charge on any atom is 0.266 e. The number of benzene rings is 2. The van der Waals surface area contributed by atoms with Gasteiger partial charge in [-0.2, -0.15) is 0 Å². The number of rotatable bonds is 6. The van der Waals surface area contributed by atoms with Gasteiger partial charge in [-0.05, 0) is 66.4 Å². The predicted octanol–water partition coefficient (Wildman–Crippen LogP) is 5.49. The summed E-state index contributed by atoms with van der Waals surface area (Å²) in [6, 6.07) is 21.7. The van der Waals surface area contributed by atoms with E-state index in [1.807, 2.05) is 79.0 Å². The van der Waals surface area contributed by atoms with E-state index in [2.05, 4.69) is 25.5 Å². The minimum Gasteiger partial charge on any atom is -0.383 e. The Morgan fingerprint density at radius 3 is 2.57 bits per heavy atom. The van der Waals surface area contributed by atoms with Crippen molar-refractivity contribution in [3.8, 4) is 5.69 Å². The van der Waals surface area contributed by atoms with Gasteiger partial charge < -0.3 is 9.30 Å². The Bertz CT molecular complexity index is 1090. The van der Waals surface area contributed by atoms with E-state index in [0.29, 0.717) is 23.2 Å². The van der Waals surface area contributed by atoms with Crippen LogP contribution in [0.1, 0.15) is 5.69 Å². The molecule has 1 saturated heterocycles. The highest BCUT2D eigenvalue weighted by Gasteiger charge is 2.33. The zero-order valence-electron chi connectivity index (χ0n) is 16.4. The van der Waals surface area contributed by atoms with Crippen LogP contribution in [0.4, 0.5) is 5.69 Å². The second-order valence-corrected chi connectivity index (χ2v) is 8.49. The number of amidine groups is 1. The van der Waals surface area contributed by atoms with Crippen LogP contribution in [-0.2, 0) is 9.53 Å². The van der Waals surface area contributed by atoms with Crippen LogP contribution in [0, 0.1) is 0 Å². The number of nitrogens with zero attached hydrogens (tertiary/aromatic N) is 3. The molecule has 152 valence electrons. The summed E-state index contributed by atoms with van der Waals surface area (Å²) in [7, 11) is 1.63. The highest BCUT2D eigenvalue weighted by atomic mass is 79.9. The fourth-order valence-electron chi connectivity index (χ4n) is 3.07. The average Bonchev–Trinajstić information content (AvgIpc) is 3.33. The first-order valence-electron chi connectivity index (χ1n) is 9.43. The molecule has 5 nitrogen and oxygen atoms in total. The molecule has 0 unspecified atom stereocenters. The van der Waals surface area contributed by atoms with Crippen molar-refractivity contribution >= 4 is 50.5 Å². The number of methoxy groups -OCH3 is 1. The smallest absolute Gasteiger partial charge is 0.266 e. The monoisotopic (exact) mass is 481 g/mol. The van der Waals surface area contributed by atoms with Crippen molar-refractivity contribution in [3.05, 3.63) is 88.0 Å². The normalized spacial score (nSPS) is 16.7. The third-order valence-corrected chi connectivity index (χ3v) is 6.09. The third kappa shape index (κ3) is 4.59. The summed E-state index contributed by atoms with van der Waals surface area (Å²) in [6.45, 7) is 0.904. The molecule has 0 saturated carbocycles. The minimum atomic E-state index is -0.0599. The Morgan fingerprint density at radius 1 is 1.07 bits per heavy atom. The van der Waals surface area contributed by atoms with E-state index in [4.69, 9.17) is 4.74 Å². The van der Waals surface area contributed by atoms with Crippen LogP contribution in [0.2, 0.25) is 0 Å². The SMILES string of the molecule is COCCN1C(=O)/C(=C\c2cccn2-c2ccc(Br)cc2)SC1=Nc1ccccc1. The number of thioether (sulfide) groups is 1. The van der Waals surface area contributed by atoms with E-state index < -0.39 is 0 Å². The standard InChI is InChI=1S/C23H20BrN3O2S/c1-29-15-14-27-22(28)21(30-23(27)25-18-6-3-2-4-7-18)16-20-8-5-13-26(20)19-11-9-17(24)10-12-19/h2-13,16H,14-15H2,1H3/b21-16+,25-23?. The van der Waals surface area contributed by atoms with Gasteiger partial charge in [0, 0.05) is 29.2 Å². The zero-order valence-corrected chi connectivity index (χ0v) is 18.8. The lowest BCUT2D eigenvalue weighted by molar-refractivity contribution is -0.122. The van der Waals surface area contributed by atoms with Crippen molar-refractivity contribution in [1.82, 2.24) is 9.47 Å². The predicted molar refractivity (Wildman–Crippen MR) is 126 cm³/mol. The van der Waals surface area contributed by atoms with Gasteiger partial charge in [-0.15, -0.1) is 0 Å². The summed E-state index contributed by atoms with van der Waals surface area (Å²) in [5.74, 6) is -0.0599. The maximum absolute atomic E-state index is 13.1. The molecule has 2 heterocycles. The first-order valence-corrected chi connectivity index (χ1v) is 11.0. The van der Waals surface area contributed by atoms with Crippen LogP contribution in [0.15, 0.2) is 87.3 Å². The van der Waals surface area contributed by atoms with Crippen LogP contribution in [0.5, 0.6) is 0 Å². The molecule has 4 rings (SSSR count). The van der Waals surface area contributed by atoms with Crippen molar-refractivity contribution in [1.29, 1.82) is 0 Å². The van der Waals surface area contributed by atoms with Crippen molar-refractivity contribution < 1.29 is 9.53 Å². The number of hydrogen-bond donors (Lipinski definition) is 0. The summed E-state index contributed by atoms with van der Waals surface area (Å²) in [5.41, 5.74) is 2.77. The molecular formula is C23H20BrN3O2S. The highest BCUT2D eigenvalue weighted by Crippen LogP contribution is 2.34. The van der Waals surface area contributed by atoms with Crippen molar-refractivity contribution in [2.24, 2.45) is 4.99 Å². The van der Waals surface area contributed by atoms with E-state index in [0.717, 1.165) is 21.5 Å². The van der Waals surface area contributed by atoms with Crippen LogP contribution >= 0.6 is 27.7 Å². The topological polar surface area (TPSA) is 46.8 Å². The second-order valence-electron chi connectivity index (χ2n) is 6.57. The van der Waals surface area contributed by atoms with Gasteiger partial charge in [-0.25, -0.2) is 4.99 Å². The number of aliphatic imine (C=N–C) groups is 1. The first-order chi connectivity index (χ1) is 14.7. The van der Waals surface area contributed by atoms with Crippen molar-refractivity contribution in [2.75, 3.05) is 20.3 Å². The van der Waals surface area contributed by atoms with Gasteiger partial charge in [0.2, 0.25) is 0 Å². The number of halogens is 1. The molecule has 30 heavy (non-hydrogen) atoms. The van der Waals surface area contributed by atoms with E-state index in [1.165, 1.54) is 11.8 Å². The molecule has 2 aromatic carbocycles. The number of carbonyl (C=O) groups excluding carboxylic acids is 1. The van der Waals surface area contributed by atoms with Gasteiger partial charge >= 0.3 is 0 Å². The van der Waals surface area contributed by atoms with Gasteiger partial charge in [0.15, 0.2) is 5.17 Å². The van der Waals surface area contributed by atoms with E-state index in [-0.39, 0.29) is 5.91 Å². The number of para-hydroxylation sites is 1. The van der Waals surface area contributed by atoms with E-state index in [9.17, 15) is 4.79 Å². The van der Waals surface area contributed by atoms with Gasteiger partial charge in [-0.3, -0.25) is 9.69 Å². The van der Waals surface area contributed by atoms with Gasteiger partial charge in [0.25, 0.3) is 5.91 Å². The highest BCUT2D eigenvalue weighted by molar-refractivity contribution is 9.10. The first kappa shape index (κ1) is 20.7. The molecule has 0 bridgehead atoms. The molecule has 3 aromatic rings. The third-order valence-electron chi connectivity index (χ3n) is 4.55. The maximum atomic E-state index is 13.1. The number of carbonyl (C=O) groups is 1. The summed E-state index contributed by atoms with van der Waals surface area (Å²) >= 11 is 4.86. The van der Waals surface area contributed by atoms with Crippen LogP contribution in [0.25, 0.3) is 11.8 Å². The molecule has 0 atom stereocenters. The van der Waals surface area contributed by atoms with E-state index in [1.54, 1.807) is 12.0 Å². The quantitative estimate of drug-likeness (QED) is 0.437. The van der Waals surface area contributed by atoms with Gasteiger partial charge in [-0.1, -0.05) is 34.1 Å². The van der Waals surface area contributed by atoms with Crippen molar-refractivity contribution in [2.45, 2.75) is 0 Å². The molecule has 0 radical (unpaired) electrons. The van der Waals surface area contributed by atoms with Crippen LogP contribution in [-0.4, -0.2) is 40.8 Å². The fraction of sp³-hybridized carbons (Fsp3) is 0.130. The molecule has 0 aliphatic carbocycles. The van der Waals surface area contributed by atoms with Gasteiger partial charge in [0.1, 0.15) is 0 Å². The summed E-state index contributed by atoms with van der Waals surface area (Å²) in [6.07, 6.45) is 3.91.